The molecule has 0 bridgehead atoms. The lowest BCUT2D eigenvalue weighted by Gasteiger charge is -2.13. The molecule has 11 heteroatoms. The fraction of sp³-hybridized carbons (Fsp3) is 0.174. The lowest BCUT2D eigenvalue weighted by molar-refractivity contribution is 0.392. The van der Waals surface area contributed by atoms with Crippen molar-refractivity contribution in [3.05, 3.63) is 72.6 Å². The van der Waals surface area contributed by atoms with Crippen molar-refractivity contribution in [2.45, 2.75) is 18.7 Å². The molecule has 4 aromatic rings. The average Bonchev–Trinajstić information content (AvgIpc) is 3.18. The molecule has 0 amide bonds. The summed E-state index contributed by atoms with van der Waals surface area (Å²) in [5.41, 5.74) is 2.23. The van der Waals surface area contributed by atoms with Crippen LogP contribution in [0.25, 0.3) is 5.82 Å². The molecular formula is C23H23N5O5S. The zero-order valence-electron chi connectivity index (χ0n) is 19.0. The number of aromatic nitrogens is 4. The molecule has 2 heterocycles. The second-order valence-corrected chi connectivity index (χ2v) is 8.90. The van der Waals surface area contributed by atoms with Crippen molar-refractivity contribution >= 4 is 15.7 Å². The Morgan fingerprint density at radius 1 is 0.882 bits per heavy atom. The normalized spacial score (nSPS) is 11.2. The second-order valence-electron chi connectivity index (χ2n) is 7.25. The van der Waals surface area contributed by atoms with Crippen molar-refractivity contribution in [1.29, 1.82) is 0 Å². The number of nitrogens with one attached hydrogen (secondary N) is 1. The molecule has 10 nitrogen and oxygen atoms in total. The number of ether oxygens (including phenoxy) is 3. The van der Waals surface area contributed by atoms with Crippen molar-refractivity contribution in [2.75, 3.05) is 18.9 Å². The van der Waals surface area contributed by atoms with Gasteiger partial charge in [0.25, 0.3) is 10.0 Å². The smallest absolute Gasteiger partial charge is 0.265 e. The van der Waals surface area contributed by atoms with Gasteiger partial charge in [-0.15, -0.1) is 0 Å². The first-order valence-electron chi connectivity index (χ1n) is 10.2. The predicted molar refractivity (Wildman–Crippen MR) is 125 cm³/mol. The van der Waals surface area contributed by atoms with Crippen LogP contribution in [0.1, 0.15) is 11.4 Å². The van der Waals surface area contributed by atoms with E-state index in [1.54, 1.807) is 42.7 Å². The lowest BCUT2D eigenvalue weighted by atomic mass is 10.3. The van der Waals surface area contributed by atoms with Crippen LogP contribution in [0.5, 0.6) is 23.1 Å². The van der Waals surface area contributed by atoms with E-state index in [9.17, 15) is 8.42 Å². The van der Waals surface area contributed by atoms with E-state index in [0.717, 1.165) is 11.4 Å². The molecule has 1 N–H and O–H groups in total. The van der Waals surface area contributed by atoms with E-state index in [2.05, 4.69) is 19.7 Å². The minimum atomic E-state index is -3.92. The fourth-order valence-electron chi connectivity index (χ4n) is 3.16. The van der Waals surface area contributed by atoms with Crippen LogP contribution >= 0.6 is 0 Å². The maximum Gasteiger partial charge on any atom is 0.265 e. The molecule has 0 spiro atoms. The van der Waals surface area contributed by atoms with E-state index in [1.165, 1.54) is 32.7 Å². The Kier molecular flexibility index (Phi) is 6.37. The summed E-state index contributed by atoms with van der Waals surface area (Å²) in [6.07, 6.45) is 3.10. The van der Waals surface area contributed by atoms with E-state index in [4.69, 9.17) is 14.2 Å². The molecule has 0 saturated carbocycles. The molecule has 0 aliphatic heterocycles. The number of anilines is 1. The van der Waals surface area contributed by atoms with Gasteiger partial charge in [0.2, 0.25) is 5.88 Å². The van der Waals surface area contributed by atoms with Gasteiger partial charge in [-0.25, -0.2) is 23.4 Å². The molecule has 34 heavy (non-hydrogen) atoms. The highest BCUT2D eigenvalue weighted by Gasteiger charge is 2.21. The van der Waals surface area contributed by atoms with Crippen molar-refractivity contribution in [3.8, 4) is 28.9 Å². The van der Waals surface area contributed by atoms with E-state index in [0.29, 0.717) is 28.9 Å². The van der Waals surface area contributed by atoms with Gasteiger partial charge >= 0.3 is 0 Å². The quantitative estimate of drug-likeness (QED) is 0.403. The molecule has 0 atom stereocenters. The molecular weight excluding hydrogens is 458 g/mol. The highest BCUT2D eigenvalue weighted by molar-refractivity contribution is 7.92. The predicted octanol–water partition coefficient (Wildman–Crippen LogP) is 3.89. The molecule has 0 radical (unpaired) electrons. The monoisotopic (exact) mass is 481 g/mol. The van der Waals surface area contributed by atoms with Crippen molar-refractivity contribution in [3.63, 3.8) is 0 Å². The number of nitrogens with zero attached hydrogens (tertiary/aromatic N) is 4. The first-order valence-corrected chi connectivity index (χ1v) is 11.6. The summed E-state index contributed by atoms with van der Waals surface area (Å²) in [5.74, 6) is 2.04. The van der Waals surface area contributed by atoms with Crippen molar-refractivity contribution in [1.82, 2.24) is 19.5 Å². The molecule has 0 saturated heterocycles. The van der Waals surface area contributed by atoms with Crippen LogP contribution in [0.15, 0.2) is 66.1 Å². The molecule has 2 aromatic carbocycles. The van der Waals surface area contributed by atoms with Crippen LogP contribution < -0.4 is 18.9 Å². The van der Waals surface area contributed by atoms with E-state index < -0.39 is 10.0 Å². The summed E-state index contributed by atoms with van der Waals surface area (Å²) in [4.78, 5) is 12.7. The molecule has 2 aromatic heterocycles. The Bertz CT molecular complexity index is 1420. The van der Waals surface area contributed by atoms with Gasteiger partial charge in [-0.2, -0.15) is 0 Å². The number of hydrogen-bond donors (Lipinski definition) is 1. The molecule has 0 aliphatic rings. The summed E-state index contributed by atoms with van der Waals surface area (Å²) in [7, 11) is -1.06. The average molecular weight is 482 g/mol. The third kappa shape index (κ3) is 4.79. The largest absolute Gasteiger partial charge is 0.497 e. The summed E-state index contributed by atoms with van der Waals surface area (Å²) >= 11 is 0. The van der Waals surface area contributed by atoms with Crippen LogP contribution in [0.3, 0.4) is 0 Å². The van der Waals surface area contributed by atoms with Crippen molar-refractivity contribution < 1.29 is 22.6 Å². The minimum absolute atomic E-state index is 0.0341. The van der Waals surface area contributed by atoms with Gasteiger partial charge in [-0.3, -0.25) is 9.29 Å². The van der Waals surface area contributed by atoms with Gasteiger partial charge in [0.05, 0.1) is 19.9 Å². The number of aryl methyl sites for hydroxylation is 1. The van der Waals surface area contributed by atoms with Gasteiger partial charge < -0.3 is 14.2 Å². The van der Waals surface area contributed by atoms with Gasteiger partial charge in [0.1, 0.15) is 40.6 Å². The summed E-state index contributed by atoms with van der Waals surface area (Å²) in [5, 5.41) is 0. The van der Waals surface area contributed by atoms with Gasteiger partial charge in [0, 0.05) is 23.5 Å². The third-order valence-corrected chi connectivity index (χ3v) is 6.52. The van der Waals surface area contributed by atoms with E-state index in [-0.39, 0.29) is 10.6 Å². The minimum Gasteiger partial charge on any atom is -0.497 e. The number of rotatable bonds is 8. The molecule has 0 fully saturated rings. The first-order chi connectivity index (χ1) is 16.3. The Morgan fingerprint density at radius 2 is 1.62 bits per heavy atom. The van der Waals surface area contributed by atoms with Crippen LogP contribution in [0.4, 0.5) is 5.69 Å². The Balaban J connectivity index is 1.51. The maximum atomic E-state index is 12.9. The van der Waals surface area contributed by atoms with Crippen LogP contribution in [0.2, 0.25) is 0 Å². The number of methoxy groups -OCH3 is 2. The van der Waals surface area contributed by atoms with Crippen LogP contribution in [-0.4, -0.2) is 42.2 Å². The topological polar surface area (TPSA) is 117 Å². The fourth-order valence-corrected chi connectivity index (χ4v) is 4.41. The van der Waals surface area contributed by atoms with Crippen LogP contribution in [-0.2, 0) is 10.0 Å². The molecule has 0 unspecified atom stereocenters. The number of imidazole rings is 1. The zero-order chi connectivity index (χ0) is 24.3. The zero-order valence-corrected chi connectivity index (χ0v) is 19.8. The second kappa shape index (κ2) is 9.40. The summed E-state index contributed by atoms with van der Waals surface area (Å²) in [6, 6.07) is 12.7. The van der Waals surface area contributed by atoms with Crippen LogP contribution in [0, 0.1) is 13.8 Å². The van der Waals surface area contributed by atoms with E-state index >= 15 is 0 Å². The highest BCUT2D eigenvalue weighted by atomic mass is 32.2. The molecule has 176 valence electrons. The SMILES string of the molecule is COc1ccc(OC)c(S(=O)(=O)Nc2ccc(Oc3cc(-n4cnc(C)c4C)ncn3)cc2)c1. The van der Waals surface area contributed by atoms with Gasteiger partial charge in [-0.05, 0) is 50.2 Å². The Morgan fingerprint density at radius 3 is 2.26 bits per heavy atom. The number of sulfonamides is 1. The van der Waals surface area contributed by atoms with Crippen molar-refractivity contribution in [2.24, 2.45) is 0 Å². The number of hydrogen-bond acceptors (Lipinski definition) is 8. The third-order valence-electron chi connectivity index (χ3n) is 5.12. The first kappa shape index (κ1) is 23.1. The Hall–Kier alpha value is -4.12. The maximum absolute atomic E-state index is 12.9. The highest BCUT2D eigenvalue weighted by Crippen LogP contribution is 2.30. The lowest BCUT2D eigenvalue weighted by Crippen LogP contribution is -2.14. The Labute approximate surface area is 197 Å². The van der Waals surface area contributed by atoms with E-state index in [1.807, 2.05) is 18.4 Å². The number of benzene rings is 2. The van der Waals surface area contributed by atoms with Gasteiger partial charge in [0.15, 0.2) is 0 Å². The summed E-state index contributed by atoms with van der Waals surface area (Å²) in [6.45, 7) is 3.87. The van der Waals surface area contributed by atoms with Gasteiger partial charge in [-0.1, -0.05) is 0 Å². The molecule has 4 rings (SSSR count). The summed E-state index contributed by atoms with van der Waals surface area (Å²) < 4.78 is 46.4. The molecule has 0 aliphatic carbocycles. The standard InChI is InChI=1S/C23H23N5O5S/c1-15-16(2)28(14-26-15)22-12-23(25-13-24-22)33-18-7-5-17(6-8-18)27-34(29,30)21-11-19(31-3)9-10-20(21)32-4/h5-14,27H,1-4H3.